The third-order valence-corrected chi connectivity index (χ3v) is 4.05. The van der Waals surface area contributed by atoms with E-state index in [0.29, 0.717) is 6.29 Å². The number of carboxylic acid groups (broad SMARTS) is 3. The average molecular weight is 402 g/mol. The van der Waals surface area contributed by atoms with E-state index in [1.54, 1.807) is 0 Å². The van der Waals surface area contributed by atoms with Crippen molar-refractivity contribution in [3.63, 3.8) is 0 Å². The third kappa shape index (κ3) is 11.0. The Labute approximate surface area is 161 Å². The summed E-state index contributed by atoms with van der Waals surface area (Å²) in [5, 5.41) is 31.2. The summed E-state index contributed by atoms with van der Waals surface area (Å²) < 4.78 is 0. The average Bonchev–Trinajstić information content (AvgIpc) is 2.61. The van der Waals surface area contributed by atoms with E-state index < -0.39 is 54.0 Å². The molecule has 0 rings (SSSR count). The summed E-state index contributed by atoms with van der Waals surface area (Å²) in [7, 11) is 1.44. The summed E-state index contributed by atoms with van der Waals surface area (Å²) in [6.45, 7) is 0. The van der Waals surface area contributed by atoms with Crippen LogP contribution < -0.4 is 10.6 Å². The molecule has 28 heavy (non-hydrogen) atoms. The molecule has 0 saturated heterocycles. The quantitative estimate of drug-likeness (QED) is 0.209. The number of carbonyl (C=O) groups excluding carboxylic acids is 3. The number of aldehydes is 1. The number of amides is 1. The van der Waals surface area contributed by atoms with Crippen LogP contribution in [0, 0.1) is 5.92 Å². The van der Waals surface area contributed by atoms with Crippen LogP contribution in [0.25, 0.3) is 0 Å². The SMILES string of the molecule is CNC(CCC(=O)O)C(=O)NC(CCC(=O)O)C(=O)CC(C=O)CCC(=O)O. The predicted molar refractivity (Wildman–Crippen MR) is 94.6 cm³/mol. The van der Waals surface area contributed by atoms with Gasteiger partial charge in [0.2, 0.25) is 5.91 Å². The number of aliphatic carboxylic acids is 3. The Morgan fingerprint density at radius 1 is 0.821 bits per heavy atom. The number of ketones is 1. The Hall–Kier alpha value is -2.82. The van der Waals surface area contributed by atoms with Crippen molar-refractivity contribution in [2.45, 2.75) is 57.0 Å². The summed E-state index contributed by atoms with van der Waals surface area (Å²) in [5.41, 5.74) is 0. The van der Waals surface area contributed by atoms with Gasteiger partial charge in [0, 0.05) is 31.6 Å². The van der Waals surface area contributed by atoms with Gasteiger partial charge in [0.05, 0.1) is 12.1 Å². The van der Waals surface area contributed by atoms with Crippen LogP contribution in [0.5, 0.6) is 0 Å². The van der Waals surface area contributed by atoms with Gasteiger partial charge in [-0.15, -0.1) is 0 Å². The van der Waals surface area contributed by atoms with Crippen LogP contribution in [-0.4, -0.2) is 70.3 Å². The molecule has 158 valence electrons. The molecule has 0 aliphatic heterocycles. The van der Waals surface area contributed by atoms with Crippen molar-refractivity contribution >= 4 is 35.9 Å². The fraction of sp³-hybridized carbons (Fsp3) is 0.647. The molecule has 1 amide bonds. The van der Waals surface area contributed by atoms with Gasteiger partial charge in [-0.25, -0.2) is 0 Å². The molecule has 0 aromatic carbocycles. The summed E-state index contributed by atoms with van der Waals surface area (Å²) in [5.74, 6) is -5.52. The lowest BCUT2D eigenvalue weighted by atomic mass is 9.93. The monoisotopic (exact) mass is 402 g/mol. The number of carbonyl (C=O) groups is 6. The number of rotatable bonds is 16. The predicted octanol–water partition coefficient (Wildman–Crippen LogP) is -0.572. The molecule has 3 unspecified atom stereocenters. The first-order valence-corrected chi connectivity index (χ1v) is 8.71. The minimum atomic E-state index is -1.18. The van der Waals surface area contributed by atoms with E-state index in [9.17, 15) is 28.8 Å². The maximum atomic E-state index is 12.5. The highest BCUT2D eigenvalue weighted by molar-refractivity contribution is 5.92. The highest BCUT2D eigenvalue weighted by atomic mass is 16.4. The van der Waals surface area contributed by atoms with Crippen LogP contribution in [0.2, 0.25) is 0 Å². The van der Waals surface area contributed by atoms with Gasteiger partial charge in [0.25, 0.3) is 0 Å². The van der Waals surface area contributed by atoms with Crippen LogP contribution in [-0.2, 0) is 28.8 Å². The summed E-state index contributed by atoms with van der Waals surface area (Å²) in [6, 6.07) is -2.08. The van der Waals surface area contributed by atoms with Crippen molar-refractivity contribution in [1.82, 2.24) is 10.6 Å². The van der Waals surface area contributed by atoms with Gasteiger partial charge in [-0.3, -0.25) is 24.0 Å². The molecule has 0 saturated carbocycles. The topological polar surface area (TPSA) is 187 Å². The van der Waals surface area contributed by atoms with E-state index in [1.807, 2.05) is 0 Å². The van der Waals surface area contributed by atoms with Crippen molar-refractivity contribution in [1.29, 1.82) is 0 Å². The van der Waals surface area contributed by atoms with Gasteiger partial charge in [0.15, 0.2) is 5.78 Å². The normalized spacial score (nSPS) is 13.8. The van der Waals surface area contributed by atoms with Crippen LogP contribution in [0.1, 0.15) is 44.9 Å². The zero-order chi connectivity index (χ0) is 21.7. The molecular weight excluding hydrogens is 376 g/mol. The van der Waals surface area contributed by atoms with Gasteiger partial charge in [0.1, 0.15) is 6.29 Å². The molecule has 0 aromatic rings. The number of hydrogen-bond acceptors (Lipinski definition) is 7. The first-order valence-electron chi connectivity index (χ1n) is 8.71. The summed E-state index contributed by atoms with van der Waals surface area (Å²) in [6.07, 6.45) is -1.17. The second kappa shape index (κ2) is 13.4. The number of nitrogens with one attached hydrogen (secondary N) is 2. The van der Waals surface area contributed by atoms with Crippen molar-refractivity contribution in [3.8, 4) is 0 Å². The van der Waals surface area contributed by atoms with Gasteiger partial charge < -0.3 is 30.7 Å². The Morgan fingerprint density at radius 2 is 1.29 bits per heavy atom. The molecular formula is C17H26N2O9. The van der Waals surface area contributed by atoms with E-state index in [1.165, 1.54) is 7.05 Å². The van der Waals surface area contributed by atoms with Crippen molar-refractivity contribution in [2.24, 2.45) is 5.92 Å². The lowest BCUT2D eigenvalue weighted by molar-refractivity contribution is -0.139. The van der Waals surface area contributed by atoms with E-state index in [4.69, 9.17) is 15.3 Å². The second-order valence-corrected chi connectivity index (χ2v) is 6.27. The number of Topliss-reactive ketones (excluding diaryl/α,β-unsaturated/α-hetero) is 1. The minimum absolute atomic E-state index is 0.0346. The zero-order valence-corrected chi connectivity index (χ0v) is 15.6. The van der Waals surface area contributed by atoms with Crippen molar-refractivity contribution in [2.75, 3.05) is 7.05 Å². The number of hydrogen-bond donors (Lipinski definition) is 5. The Bertz CT molecular complexity index is 591. The Balaban J connectivity index is 5.07. The van der Waals surface area contributed by atoms with E-state index in [2.05, 4.69) is 10.6 Å². The summed E-state index contributed by atoms with van der Waals surface area (Å²) >= 11 is 0. The highest BCUT2D eigenvalue weighted by Gasteiger charge is 2.27. The third-order valence-electron chi connectivity index (χ3n) is 4.05. The Kier molecular flexibility index (Phi) is 12.0. The molecule has 5 N–H and O–H groups in total. The van der Waals surface area contributed by atoms with Gasteiger partial charge in [-0.2, -0.15) is 0 Å². The number of carboxylic acids is 3. The molecule has 11 nitrogen and oxygen atoms in total. The molecule has 3 atom stereocenters. The summed E-state index contributed by atoms with van der Waals surface area (Å²) in [4.78, 5) is 67.9. The lowest BCUT2D eigenvalue weighted by Gasteiger charge is -2.22. The van der Waals surface area contributed by atoms with Crippen molar-refractivity contribution in [3.05, 3.63) is 0 Å². The van der Waals surface area contributed by atoms with Gasteiger partial charge in [-0.1, -0.05) is 0 Å². The fourth-order valence-electron chi connectivity index (χ4n) is 2.46. The van der Waals surface area contributed by atoms with Crippen molar-refractivity contribution < 1.29 is 44.1 Å². The lowest BCUT2D eigenvalue weighted by Crippen LogP contribution is -2.50. The zero-order valence-electron chi connectivity index (χ0n) is 15.6. The first-order chi connectivity index (χ1) is 13.1. The van der Waals surface area contributed by atoms with E-state index in [0.717, 1.165) is 0 Å². The molecule has 11 heteroatoms. The van der Waals surface area contributed by atoms with Crippen LogP contribution in [0.3, 0.4) is 0 Å². The Morgan fingerprint density at radius 3 is 1.71 bits per heavy atom. The molecule has 0 aliphatic rings. The van der Waals surface area contributed by atoms with Crippen LogP contribution >= 0.6 is 0 Å². The van der Waals surface area contributed by atoms with E-state index in [-0.39, 0.29) is 38.5 Å². The van der Waals surface area contributed by atoms with Gasteiger partial charge in [-0.05, 0) is 26.3 Å². The van der Waals surface area contributed by atoms with Gasteiger partial charge >= 0.3 is 17.9 Å². The molecule has 0 aromatic heterocycles. The standard InChI is InChI=1S/C17H26N2O9/c1-18-12(4-7-16(26)27)17(28)19-11(3-6-15(24)25)13(21)8-10(9-20)2-5-14(22)23/h9-12,18H,2-8H2,1H3,(H,19,28)(H,22,23)(H,24,25)(H,26,27). The molecule has 0 radical (unpaired) electrons. The number of likely N-dealkylation sites (N-methyl/N-ethyl adjacent to an activating group) is 1. The van der Waals surface area contributed by atoms with Crippen LogP contribution in [0.15, 0.2) is 0 Å². The molecule has 0 aliphatic carbocycles. The second-order valence-electron chi connectivity index (χ2n) is 6.27. The smallest absolute Gasteiger partial charge is 0.303 e. The van der Waals surface area contributed by atoms with Crippen LogP contribution in [0.4, 0.5) is 0 Å². The maximum Gasteiger partial charge on any atom is 0.303 e. The maximum absolute atomic E-state index is 12.5. The minimum Gasteiger partial charge on any atom is -0.481 e. The molecule has 0 bridgehead atoms. The van der Waals surface area contributed by atoms with E-state index >= 15 is 0 Å². The highest BCUT2D eigenvalue weighted by Crippen LogP contribution is 2.13. The fourth-order valence-corrected chi connectivity index (χ4v) is 2.46. The molecule has 0 spiro atoms. The molecule has 0 heterocycles. The first kappa shape index (κ1) is 25.2. The largest absolute Gasteiger partial charge is 0.481 e. The molecule has 0 fully saturated rings.